The highest BCUT2D eigenvalue weighted by molar-refractivity contribution is 5.83. The second-order valence-electron chi connectivity index (χ2n) is 3.12. The van der Waals surface area contributed by atoms with E-state index in [1.807, 2.05) is 13.0 Å². The van der Waals surface area contributed by atoms with Crippen molar-refractivity contribution in [3.05, 3.63) is 23.9 Å². The van der Waals surface area contributed by atoms with Gasteiger partial charge >= 0.3 is 5.97 Å². The largest absolute Gasteiger partial charge is 0.427 e. The number of nitrogens with zero attached hydrogens (tertiary/aromatic N) is 1. The van der Waals surface area contributed by atoms with Crippen LogP contribution in [0, 0.1) is 6.92 Å². The average Bonchev–Trinajstić information content (AvgIpc) is 2.46. The Morgan fingerprint density at radius 1 is 1.50 bits per heavy atom. The first-order valence-corrected chi connectivity index (χ1v) is 4.30. The number of benzene rings is 1. The molecule has 4 heteroatoms. The van der Waals surface area contributed by atoms with Crippen molar-refractivity contribution in [3.63, 3.8) is 0 Å². The molecule has 72 valence electrons. The molecule has 0 aliphatic heterocycles. The van der Waals surface area contributed by atoms with E-state index in [9.17, 15) is 4.79 Å². The Labute approximate surface area is 80.9 Å². The Kier molecular flexibility index (Phi) is 1.96. The quantitative estimate of drug-likeness (QED) is 0.551. The maximum absolute atomic E-state index is 10.7. The normalized spacial score (nSPS) is 10.4. The van der Waals surface area contributed by atoms with E-state index in [-0.39, 0.29) is 5.97 Å². The second-order valence-corrected chi connectivity index (χ2v) is 3.12. The van der Waals surface area contributed by atoms with Gasteiger partial charge in [-0.25, -0.2) is 0 Å². The maximum Gasteiger partial charge on any atom is 0.308 e. The molecule has 2 rings (SSSR count). The van der Waals surface area contributed by atoms with Crippen LogP contribution in [0.4, 0.5) is 0 Å². The molecule has 0 atom stereocenters. The molecule has 0 radical (unpaired) electrons. The summed E-state index contributed by atoms with van der Waals surface area (Å²) in [5, 5.41) is 7.98. The van der Waals surface area contributed by atoms with Gasteiger partial charge in [0, 0.05) is 24.1 Å². The van der Waals surface area contributed by atoms with Crippen LogP contribution < -0.4 is 4.74 Å². The molecular formula is C10H10N2O2. The number of carbonyl (C=O) groups excluding carboxylic acids is 1. The molecule has 0 bridgehead atoms. The molecule has 1 aromatic carbocycles. The molecule has 0 aliphatic carbocycles. The lowest BCUT2D eigenvalue weighted by molar-refractivity contribution is -0.131. The summed E-state index contributed by atoms with van der Waals surface area (Å²) in [4.78, 5) is 10.7. The van der Waals surface area contributed by atoms with Gasteiger partial charge in [-0.1, -0.05) is 0 Å². The van der Waals surface area contributed by atoms with E-state index in [1.165, 1.54) is 6.92 Å². The first-order chi connectivity index (χ1) is 6.66. The molecule has 0 fully saturated rings. The highest BCUT2D eigenvalue weighted by Gasteiger charge is 2.03. The van der Waals surface area contributed by atoms with Gasteiger partial charge in [0.05, 0.1) is 5.52 Å². The zero-order chi connectivity index (χ0) is 10.1. The number of hydrogen-bond donors (Lipinski definition) is 1. The van der Waals surface area contributed by atoms with Crippen molar-refractivity contribution in [1.82, 2.24) is 10.2 Å². The van der Waals surface area contributed by atoms with Crippen LogP contribution in [-0.4, -0.2) is 16.2 Å². The number of carbonyl (C=O) groups is 1. The Morgan fingerprint density at radius 3 is 3.00 bits per heavy atom. The number of fused-ring (bicyclic) bond motifs is 1. The van der Waals surface area contributed by atoms with Gasteiger partial charge in [0.1, 0.15) is 5.75 Å². The third-order valence-corrected chi connectivity index (χ3v) is 1.98. The molecule has 1 aromatic heterocycles. The van der Waals surface area contributed by atoms with Gasteiger partial charge in [-0.2, -0.15) is 5.10 Å². The van der Waals surface area contributed by atoms with Crippen LogP contribution in [0.3, 0.4) is 0 Å². The van der Waals surface area contributed by atoms with Gasteiger partial charge in [-0.05, 0) is 19.1 Å². The molecule has 1 N–H and O–H groups in total. The van der Waals surface area contributed by atoms with Crippen LogP contribution in [-0.2, 0) is 4.79 Å². The van der Waals surface area contributed by atoms with Crippen LogP contribution in [0.15, 0.2) is 18.2 Å². The van der Waals surface area contributed by atoms with Gasteiger partial charge in [-0.3, -0.25) is 9.89 Å². The Morgan fingerprint density at radius 2 is 2.29 bits per heavy atom. The number of hydrogen-bond acceptors (Lipinski definition) is 3. The van der Waals surface area contributed by atoms with Gasteiger partial charge in [-0.15, -0.1) is 0 Å². The standard InChI is InChI=1S/C10H10N2O2/c1-6-9-4-3-8(14-7(2)13)5-10(9)12-11-6/h3-5H,1-2H3,(H,11,12). The minimum absolute atomic E-state index is 0.323. The van der Waals surface area contributed by atoms with Crippen molar-refractivity contribution in [1.29, 1.82) is 0 Å². The first kappa shape index (κ1) is 8.74. The third kappa shape index (κ3) is 1.46. The molecular weight excluding hydrogens is 180 g/mol. The molecule has 2 aromatic rings. The van der Waals surface area contributed by atoms with E-state index in [4.69, 9.17) is 4.74 Å². The predicted molar refractivity (Wildman–Crippen MR) is 52.1 cm³/mol. The SMILES string of the molecule is CC(=O)Oc1ccc2c(C)[nH]nc2c1. The Hall–Kier alpha value is -1.84. The molecule has 0 saturated carbocycles. The summed E-state index contributed by atoms with van der Waals surface area (Å²) < 4.78 is 4.94. The lowest BCUT2D eigenvalue weighted by Gasteiger charge is -1.99. The molecule has 1 heterocycles. The zero-order valence-electron chi connectivity index (χ0n) is 8.00. The predicted octanol–water partition coefficient (Wildman–Crippen LogP) is 1.80. The van der Waals surface area contributed by atoms with Crippen molar-refractivity contribution < 1.29 is 9.53 Å². The Bertz CT molecular complexity index is 488. The number of aromatic nitrogens is 2. The summed E-state index contributed by atoms with van der Waals surface area (Å²) in [5.41, 5.74) is 1.82. The van der Waals surface area contributed by atoms with Crippen LogP contribution >= 0.6 is 0 Å². The van der Waals surface area contributed by atoms with Crippen LogP contribution in [0.5, 0.6) is 5.75 Å². The van der Waals surface area contributed by atoms with Crippen molar-refractivity contribution in [2.45, 2.75) is 13.8 Å². The highest BCUT2D eigenvalue weighted by atomic mass is 16.5. The third-order valence-electron chi connectivity index (χ3n) is 1.98. The summed E-state index contributed by atoms with van der Waals surface area (Å²) >= 11 is 0. The topological polar surface area (TPSA) is 55.0 Å². The summed E-state index contributed by atoms with van der Waals surface area (Å²) in [6.45, 7) is 3.32. The van der Waals surface area contributed by atoms with Gasteiger partial charge in [0.15, 0.2) is 0 Å². The maximum atomic E-state index is 10.7. The molecule has 0 amide bonds. The summed E-state index contributed by atoms with van der Waals surface area (Å²) in [7, 11) is 0. The van der Waals surface area contributed by atoms with Crippen molar-refractivity contribution in [2.75, 3.05) is 0 Å². The lowest BCUT2D eigenvalue weighted by atomic mass is 10.2. The second kappa shape index (κ2) is 3.14. The van der Waals surface area contributed by atoms with Crippen LogP contribution in [0.1, 0.15) is 12.6 Å². The summed E-state index contributed by atoms with van der Waals surface area (Å²) in [5.74, 6) is 0.202. The molecule has 0 aliphatic rings. The van der Waals surface area contributed by atoms with Gasteiger partial charge < -0.3 is 4.74 Å². The fourth-order valence-corrected chi connectivity index (χ4v) is 1.35. The van der Waals surface area contributed by atoms with Gasteiger partial charge in [0.25, 0.3) is 0 Å². The smallest absolute Gasteiger partial charge is 0.308 e. The summed E-state index contributed by atoms with van der Waals surface area (Å²) in [6.07, 6.45) is 0. The van der Waals surface area contributed by atoms with Gasteiger partial charge in [0.2, 0.25) is 0 Å². The molecule has 4 nitrogen and oxygen atoms in total. The molecule has 0 spiro atoms. The number of aromatic amines is 1. The number of H-pyrrole nitrogens is 1. The fraction of sp³-hybridized carbons (Fsp3) is 0.200. The fourth-order valence-electron chi connectivity index (χ4n) is 1.35. The van der Waals surface area contributed by atoms with E-state index in [2.05, 4.69) is 10.2 Å². The summed E-state index contributed by atoms with van der Waals surface area (Å²) in [6, 6.07) is 5.37. The minimum Gasteiger partial charge on any atom is -0.427 e. The van der Waals surface area contributed by atoms with Crippen molar-refractivity contribution in [3.8, 4) is 5.75 Å². The molecule has 0 unspecified atom stereocenters. The zero-order valence-corrected chi connectivity index (χ0v) is 8.00. The van der Waals surface area contributed by atoms with Crippen LogP contribution in [0.2, 0.25) is 0 Å². The van der Waals surface area contributed by atoms with E-state index < -0.39 is 0 Å². The molecule has 0 saturated heterocycles. The molecule has 14 heavy (non-hydrogen) atoms. The number of rotatable bonds is 1. The minimum atomic E-state index is -0.323. The first-order valence-electron chi connectivity index (χ1n) is 4.30. The highest BCUT2D eigenvalue weighted by Crippen LogP contribution is 2.21. The number of aryl methyl sites for hydroxylation is 1. The van der Waals surface area contributed by atoms with Crippen LogP contribution in [0.25, 0.3) is 10.9 Å². The number of ether oxygens (including phenoxy) is 1. The Balaban J connectivity index is 2.46. The number of esters is 1. The van der Waals surface area contributed by atoms with E-state index in [0.29, 0.717) is 5.75 Å². The number of nitrogens with one attached hydrogen (secondary N) is 1. The van der Waals surface area contributed by atoms with E-state index >= 15 is 0 Å². The van der Waals surface area contributed by atoms with Crippen molar-refractivity contribution in [2.24, 2.45) is 0 Å². The van der Waals surface area contributed by atoms with E-state index in [0.717, 1.165) is 16.6 Å². The average molecular weight is 190 g/mol. The van der Waals surface area contributed by atoms with E-state index in [1.54, 1.807) is 12.1 Å². The monoisotopic (exact) mass is 190 g/mol. The van der Waals surface area contributed by atoms with Crippen molar-refractivity contribution >= 4 is 16.9 Å². The lowest BCUT2D eigenvalue weighted by Crippen LogP contribution is -2.00.